The first kappa shape index (κ1) is 36.9. The van der Waals surface area contributed by atoms with Crippen LogP contribution in [0.4, 0.5) is 0 Å². The van der Waals surface area contributed by atoms with Crippen LogP contribution in [0, 0.1) is 11.8 Å². The van der Waals surface area contributed by atoms with E-state index in [-0.39, 0.29) is 23.8 Å². The van der Waals surface area contributed by atoms with Crippen LogP contribution in [0.25, 0.3) is 10.9 Å². The average molecular weight is 713 g/mol. The predicted molar refractivity (Wildman–Crippen MR) is 184 cm³/mol. The van der Waals surface area contributed by atoms with Crippen LogP contribution in [-0.4, -0.2) is 102 Å². The lowest BCUT2D eigenvalue weighted by Gasteiger charge is -2.52. The van der Waals surface area contributed by atoms with E-state index in [1.165, 1.54) is 27.7 Å². The number of carbonyl (C=O) groups excluding carboxylic acids is 4. The van der Waals surface area contributed by atoms with E-state index >= 15 is 0 Å². The topological polar surface area (TPSA) is 164 Å². The Morgan fingerprint density at radius 2 is 1.74 bits per heavy atom. The zero-order valence-corrected chi connectivity index (χ0v) is 29.6. The molecule has 50 heavy (non-hydrogen) atoms. The number of thiocarbonyl (C=S) groups is 1. The zero-order valence-electron chi connectivity index (χ0n) is 28.8. The summed E-state index contributed by atoms with van der Waals surface area (Å²) >= 11 is 5.92. The van der Waals surface area contributed by atoms with Gasteiger partial charge in [-0.25, -0.2) is 0 Å². The van der Waals surface area contributed by atoms with Crippen LogP contribution >= 0.6 is 12.2 Å². The number of nitrogens with one attached hydrogen (secondary N) is 2. The van der Waals surface area contributed by atoms with Crippen molar-refractivity contribution in [2.75, 3.05) is 26.8 Å². The molecule has 2 bridgehead atoms. The molecule has 4 fully saturated rings. The van der Waals surface area contributed by atoms with Gasteiger partial charge in [-0.2, -0.15) is 0 Å². The summed E-state index contributed by atoms with van der Waals surface area (Å²) < 4.78 is 33.7. The van der Waals surface area contributed by atoms with E-state index in [2.05, 4.69) is 27.1 Å². The summed E-state index contributed by atoms with van der Waals surface area (Å²) in [7, 11) is 1.61. The van der Waals surface area contributed by atoms with Crippen LogP contribution in [0.15, 0.2) is 43.1 Å². The highest BCUT2D eigenvalue weighted by molar-refractivity contribution is 7.80. The fraction of sp³-hybridized carbons (Fsp3) is 0.543. The van der Waals surface area contributed by atoms with Crippen LogP contribution in [0.2, 0.25) is 0 Å². The van der Waals surface area contributed by atoms with Crippen LogP contribution in [-0.2, 0) is 42.9 Å². The average Bonchev–Trinajstić information content (AvgIpc) is 3.08. The first-order valence-corrected chi connectivity index (χ1v) is 17.0. The Labute approximate surface area is 296 Å². The maximum atomic E-state index is 12.4. The van der Waals surface area contributed by atoms with Gasteiger partial charge in [0.15, 0.2) is 29.7 Å². The van der Waals surface area contributed by atoms with E-state index in [4.69, 9.17) is 40.6 Å². The fourth-order valence-electron chi connectivity index (χ4n) is 7.31. The molecular formula is C35H44N4O10S. The smallest absolute Gasteiger partial charge is 0.303 e. The summed E-state index contributed by atoms with van der Waals surface area (Å²) in [6.07, 6.45) is -0.520. The molecule has 14 nitrogen and oxygen atoms in total. The van der Waals surface area contributed by atoms with Crippen molar-refractivity contribution in [2.24, 2.45) is 11.8 Å². The lowest BCUT2D eigenvalue weighted by Crippen LogP contribution is -2.67. The Balaban J connectivity index is 1.50. The van der Waals surface area contributed by atoms with Crippen molar-refractivity contribution in [2.45, 2.75) is 83.3 Å². The maximum Gasteiger partial charge on any atom is 0.303 e. The lowest BCUT2D eigenvalue weighted by molar-refractivity contribution is -0.255. The van der Waals surface area contributed by atoms with Gasteiger partial charge in [-0.1, -0.05) is 6.08 Å². The summed E-state index contributed by atoms with van der Waals surface area (Å²) in [5.41, 5.74) is 1.74. The van der Waals surface area contributed by atoms with E-state index in [1.807, 2.05) is 30.3 Å². The molecule has 4 saturated heterocycles. The molecule has 1 aromatic carbocycles. The van der Waals surface area contributed by atoms with Crippen LogP contribution < -0.4 is 15.4 Å². The number of nitrogens with zero attached hydrogens (tertiary/aromatic N) is 2. The van der Waals surface area contributed by atoms with E-state index in [0.29, 0.717) is 17.6 Å². The fourth-order valence-corrected chi connectivity index (χ4v) is 7.55. The van der Waals surface area contributed by atoms with Gasteiger partial charge in [-0.15, -0.1) is 6.58 Å². The second-order valence-corrected chi connectivity index (χ2v) is 13.2. The highest BCUT2D eigenvalue weighted by Crippen LogP contribution is 2.42. The molecule has 5 heterocycles. The van der Waals surface area contributed by atoms with Gasteiger partial charge in [0.05, 0.1) is 18.7 Å². The van der Waals surface area contributed by atoms with Crippen molar-refractivity contribution >= 4 is 52.1 Å². The third kappa shape index (κ3) is 8.50. The van der Waals surface area contributed by atoms with E-state index in [0.717, 1.165) is 42.4 Å². The first-order chi connectivity index (χ1) is 23.9. The molecule has 4 aliphatic rings. The van der Waals surface area contributed by atoms with E-state index in [1.54, 1.807) is 13.3 Å². The molecule has 270 valence electrons. The normalized spacial score (nSPS) is 29.2. The van der Waals surface area contributed by atoms with Gasteiger partial charge in [-0.3, -0.25) is 29.1 Å². The minimum Gasteiger partial charge on any atom is -0.497 e. The molecule has 0 radical (unpaired) electrons. The third-order valence-electron chi connectivity index (χ3n) is 9.41. The second-order valence-electron chi connectivity index (χ2n) is 12.7. The molecule has 10 atom stereocenters. The maximum absolute atomic E-state index is 12.4. The summed E-state index contributed by atoms with van der Waals surface area (Å²) in [5.74, 6) is -1.24. The molecule has 0 saturated carbocycles. The minimum atomic E-state index is -1.33. The number of rotatable bonds is 11. The Kier molecular flexibility index (Phi) is 11.9. The van der Waals surface area contributed by atoms with Gasteiger partial charge < -0.3 is 39.1 Å². The van der Waals surface area contributed by atoms with Gasteiger partial charge in [-0.05, 0) is 73.3 Å². The Morgan fingerprint density at radius 1 is 1.04 bits per heavy atom. The van der Waals surface area contributed by atoms with Crippen LogP contribution in [0.1, 0.15) is 52.1 Å². The van der Waals surface area contributed by atoms with Gasteiger partial charge in [0.2, 0.25) is 0 Å². The number of fused-ring (bicyclic) bond motifs is 4. The largest absolute Gasteiger partial charge is 0.497 e. The van der Waals surface area contributed by atoms with Crippen molar-refractivity contribution in [3.8, 4) is 5.75 Å². The Bertz CT molecular complexity index is 1620. The number of hydrogen-bond acceptors (Lipinski definition) is 13. The molecule has 1 unspecified atom stereocenters. The highest BCUT2D eigenvalue weighted by Gasteiger charge is 2.53. The number of hydrogen-bond donors (Lipinski definition) is 2. The summed E-state index contributed by atoms with van der Waals surface area (Å²) in [6, 6.07) is 7.38. The molecule has 1 aromatic heterocycles. The first-order valence-electron chi connectivity index (χ1n) is 16.5. The molecule has 2 aromatic rings. The highest BCUT2D eigenvalue weighted by atomic mass is 32.1. The number of ether oxygens (including phenoxy) is 6. The standard InChI is InChI=1S/C35H44N4O10S/c1-7-22-16-39-13-11-23(22)14-28(39)30(25-10-12-36-27-9-8-24(44-6)15-26(25)27)37-35(50)38-34-33(48-21(5)43)32(47-20(4)42)31(46-19(3)41)29(49-34)17-45-18(2)40/h7-10,12,15,22-23,28-34H,1,11,13-14,16-17H2,2-6H3,(H2,37,38,50)/t22-,23-,28-,29+,30-,31+,32-,33+,34+/m0/s1. The molecule has 2 N–H and O–H groups in total. The molecular weight excluding hydrogens is 668 g/mol. The minimum absolute atomic E-state index is 0.0388. The Morgan fingerprint density at radius 3 is 2.36 bits per heavy atom. The van der Waals surface area contributed by atoms with Crippen molar-refractivity contribution in [1.82, 2.24) is 20.5 Å². The van der Waals surface area contributed by atoms with Crippen LogP contribution in [0.5, 0.6) is 5.75 Å². The number of pyridine rings is 1. The monoisotopic (exact) mass is 712 g/mol. The van der Waals surface area contributed by atoms with Crippen molar-refractivity contribution in [3.05, 3.63) is 48.7 Å². The SMILES string of the molecule is C=C[C@H]1CN2CC[C@H]1C[C@H]2[C@@H](NC(=S)N[C@@H]1O[C@H](COC(C)=O)[C@@H](OC(C)=O)[C@H](OC(C)=O)[C@H]1OC(C)=O)c1ccnc2ccc(OC)cc12. The molecule has 6 rings (SSSR count). The Hall–Kier alpha value is -4.34. The third-order valence-corrected chi connectivity index (χ3v) is 9.64. The van der Waals surface area contributed by atoms with E-state index < -0.39 is 54.5 Å². The van der Waals surface area contributed by atoms with E-state index in [9.17, 15) is 19.2 Å². The van der Waals surface area contributed by atoms with Gasteiger partial charge in [0.25, 0.3) is 0 Å². The summed E-state index contributed by atoms with van der Waals surface area (Å²) in [5, 5.41) is 7.67. The van der Waals surface area contributed by atoms with Gasteiger partial charge in [0.1, 0.15) is 18.5 Å². The van der Waals surface area contributed by atoms with Crippen molar-refractivity contribution < 1.29 is 47.6 Å². The zero-order chi connectivity index (χ0) is 36.1. The summed E-state index contributed by atoms with van der Waals surface area (Å²) in [4.78, 5) is 55.6. The number of carbonyl (C=O) groups is 4. The van der Waals surface area contributed by atoms with Gasteiger partial charge >= 0.3 is 23.9 Å². The second kappa shape index (κ2) is 16.1. The predicted octanol–water partition coefficient (Wildman–Crippen LogP) is 2.73. The van der Waals surface area contributed by atoms with Crippen molar-refractivity contribution in [1.29, 1.82) is 0 Å². The number of methoxy groups -OCH3 is 1. The summed E-state index contributed by atoms with van der Waals surface area (Å²) in [6.45, 7) is 10.2. The number of esters is 4. The quantitative estimate of drug-likeness (QED) is 0.151. The number of benzene rings is 1. The lowest BCUT2D eigenvalue weighted by atomic mass is 9.73. The molecule has 0 aliphatic carbocycles. The molecule has 4 aliphatic heterocycles. The number of aromatic nitrogens is 1. The molecule has 0 amide bonds. The van der Waals surface area contributed by atoms with Gasteiger partial charge in [0, 0.05) is 51.9 Å². The molecule has 15 heteroatoms. The van der Waals surface area contributed by atoms with Crippen molar-refractivity contribution in [3.63, 3.8) is 0 Å². The number of piperidine rings is 3. The molecule has 0 spiro atoms. The van der Waals surface area contributed by atoms with Crippen LogP contribution in [0.3, 0.4) is 0 Å².